The molecule has 0 saturated carbocycles. The van der Waals surface area contributed by atoms with Gasteiger partial charge in [0.15, 0.2) is 0 Å². The maximum absolute atomic E-state index is 10.9. The molecule has 0 unspecified atom stereocenters. The fourth-order valence-corrected chi connectivity index (χ4v) is 0.906. The Bertz CT molecular complexity index is 142. The summed E-state index contributed by atoms with van der Waals surface area (Å²) in [5.74, 6) is -0.125. The lowest BCUT2D eigenvalue weighted by molar-refractivity contribution is -0.870. The number of alkyl halides is 1. The minimum atomic E-state index is -0.125. The van der Waals surface area contributed by atoms with Gasteiger partial charge in [0.2, 0.25) is 0 Å². The van der Waals surface area contributed by atoms with E-state index in [1.165, 1.54) is 0 Å². The Morgan fingerprint density at radius 2 is 2.00 bits per heavy atom. The van der Waals surface area contributed by atoms with Crippen LogP contribution in [-0.2, 0) is 9.53 Å². The van der Waals surface area contributed by atoms with Gasteiger partial charge >= 0.3 is 5.97 Å². The number of likely N-dealkylation sites (N-methyl/N-ethyl adjacent to an activating group) is 1. The first-order valence-electron chi connectivity index (χ1n) is 3.98. The highest BCUT2D eigenvalue weighted by Crippen LogP contribution is 1.94. The van der Waals surface area contributed by atoms with E-state index in [1.54, 1.807) is 0 Å². The average molecular weight is 239 g/mol. The van der Waals surface area contributed by atoms with Crippen molar-refractivity contribution < 1.29 is 14.0 Å². The predicted octanol–water partition coefficient (Wildman–Crippen LogP) is 1.02. The largest absolute Gasteiger partial charge is 0.460 e. The summed E-state index contributed by atoms with van der Waals surface area (Å²) in [6, 6.07) is 0. The number of ether oxygens (including phenoxy) is 1. The molecule has 0 bridgehead atoms. The van der Waals surface area contributed by atoms with E-state index >= 15 is 0 Å². The van der Waals surface area contributed by atoms with E-state index in [0.717, 1.165) is 11.0 Å². The summed E-state index contributed by atoms with van der Waals surface area (Å²) in [4.78, 5) is 10.9. The van der Waals surface area contributed by atoms with E-state index < -0.39 is 0 Å². The van der Waals surface area contributed by atoms with Crippen molar-refractivity contribution >= 4 is 21.9 Å². The highest BCUT2D eigenvalue weighted by Gasteiger charge is 2.08. The first-order valence-corrected chi connectivity index (χ1v) is 5.10. The Balaban J connectivity index is 3.37. The van der Waals surface area contributed by atoms with Crippen LogP contribution in [0.4, 0.5) is 0 Å². The molecule has 0 N–H and O–H groups in total. The Labute approximate surface area is 82.4 Å². The van der Waals surface area contributed by atoms with Gasteiger partial charge in [0.05, 0.1) is 27.6 Å². The summed E-state index contributed by atoms with van der Waals surface area (Å²) in [7, 11) is 6.20. The van der Waals surface area contributed by atoms with Crippen LogP contribution < -0.4 is 0 Å². The molecule has 0 rings (SSSR count). The maximum Gasteiger partial charge on any atom is 0.306 e. The molecule has 4 heteroatoms. The van der Waals surface area contributed by atoms with E-state index in [0.29, 0.717) is 18.4 Å². The lowest BCUT2D eigenvalue weighted by atomic mass is 10.5. The van der Waals surface area contributed by atoms with Crippen molar-refractivity contribution in [2.75, 3.05) is 39.6 Å². The number of nitrogens with zero attached hydrogens (tertiary/aromatic N) is 1. The SMILES string of the molecule is C[N+](C)(C)CCOC(=O)CCBr. The third-order valence-electron chi connectivity index (χ3n) is 1.32. The molecule has 0 saturated heterocycles. The van der Waals surface area contributed by atoms with E-state index in [2.05, 4.69) is 37.1 Å². The smallest absolute Gasteiger partial charge is 0.306 e. The molecule has 0 aliphatic carbocycles. The van der Waals surface area contributed by atoms with E-state index in [-0.39, 0.29) is 5.97 Å². The Kier molecular flexibility index (Phi) is 5.50. The van der Waals surface area contributed by atoms with Gasteiger partial charge in [0, 0.05) is 5.33 Å². The number of carbonyl (C=O) groups is 1. The summed E-state index contributed by atoms with van der Waals surface area (Å²) < 4.78 is 5.79. The highest BCUT2D eigenvalue weighted by atomic mass is 79.9. The van der Waals surface area contributed by atoms with Gasteiger partial charge in [-0.15, -0.1) is 0 Å². The zero-order valence-corrected chi connectivity index (χ0v) is 9.56. The van der Waals surface area contributed by atoms with Crippen molar-refractivity contribution in [2.45, 2.75) is 6.42 Å². The van der Waals surface area contributed by atoms with Crippen LogP contribution in [0.2, 0.25) is 0 Å². The summed E-state index contributed by atoms with van der Waals surface area (Å²) in [5, 5.41) is 0.677. The standard InChI is InChI=1S/C8H17BrNO2/c1-10(2,3)6-7-12-8(11)4-5-9/h4-7H2,1-3H3/q+1. The van der Waals surface area contributed by atoms with Crippen molar-refractivity contribution in [1.82, 2.24) is 0 Å². The predicted molar refractivity (Wildman–Crippen MR) is 52.3 cm³/mol. The molecular formula is C8H17BrNO2+. The summed E-state index contributed by atoms with van der Waals surface area (Å²) in [6.07, 6.45) is 0.455. The molecule has 0 aliphatic heterocycles. The minimum Gasteiger partial charge on any atom is -0.460 e. The lowest BCUT2D eigenvalue weighted by Gasteiger charge is -2.23. The monoisotopic (exact) mass is 238 g/mol. The molecule has 0 radical (unpaired) electrons. The van der Waals surface area contributed by atoms with Gasteiger partial charge in [-0.3, -0.25) is 4.79 Å². The van der Waals surface area contributed by atoms with Crippen LogP contribution >= 0.6 is 15.9 Å². The zero-order chi connectivity index (χ0) is 9.61. The van der Waals surface area contributed by atoms with Crippen molar-refractivity contribution in [2.24, 2.45) is 0 Å². The fourth-order valence-electron chi connectivity index (χ4n) is 0.583. The molecule has 0 aliphatic rings. The Morgan fingerprint density at radius 3 is 2.42 bits per heavy atom. The summed E-state index contributed by atoms with van der Waals surface area (Å²) in [6.45, 7) is 1.36. The van der Waals surface area contributed by atoms with Gasteiger partial charge < -0.3 is 9.22 Å². The third kappa shape index (κ3) is 8.01. The minimum absolute atomic E-state index is 0.125. The number of halogens is 1. The van der Waals surface area contributed by atoms with Gasteiger partial charge in [-0.05, 0) is 0 Å². The van der Waals surface area contributed by atoms with Crippen molar-refractivity contribution in [3.8, 4) is 0 Å². The first kappa shape index (κ1) is 11.9. The van der Waals surface area contributed by atoms with Crippen LogP contribution in [0.25, 0.3) is 0 Å². The molecule has 72 valence electrons. The Morgan fingerprint density at radius 1 is 1.42 bits per heavy atom. The van der Waals surface area contributed by atoms with Crippen LogP contribution in [0.15, 0.2) is 0 Å². The second kappa shape index (κ2) is 5.54. The summed E-state index contributed by atoms with van der Waals surface area (Å²) in [5.41, 5.74) is 0. The number of esters is 1. The third-order valence-corrected chi connectivity index (χ3v) is 1.72. The van der Waals surface area contributed by atoms with Gasteiger partial charge in [-0.25, -0.2) is 0 Å². The first-order chi connectivity index (χ1) is 5.45. The molecule has 0 aromatic carbocycles. The summed E-state index contributed by atoms with van der Waals surface area (Å²) >= 11 is 3.18. The van der Waals surface area contributed by atoms with Crippen LogP contribution in [0.3, 0.4) is 0 Å². The molecule has 0 fully saturated rings. The average Bonchev–Trinajstić information content (AvgIpc) is 1.84. The molecular weight excluding hydrogens is 222 g/mol. The second-order valence-corrected chi connectivity index (χ2v) is 4.47. The maximum atomic E-state index is 10.9. The highest BCUT2D eigenvalue weighted by molar-refractivity contribution is 9.09. The van der Waals surface area contributed by atoms with Gasteiger partial charge in [-0.2, -0.15) is 0 Å². The van der Waals surface area contributed by atoms with Gasteiger partial charge in [0.25, 0.3) is 0 Å². The van der Waals surface area contributed by atoms with Crippen LogP contribution in [0.5, 0.6) is 0 Å². The zero-order valence-electron chi connectivity index (χ0n) is 7.97. The van der Waals surface area contributed by atoms with Crippen LogP contribution in [0.1, 0.15) is 6.42 Å². The molecule has 12 heavy (non-hydrogen) atoms. The van der Waals surface area contributed by atoms with Gasteiger partial charge in [0.1, 0.15) is 13.2 Å². The number of carbonyl (C=O) groups excluding carboxylic acids is 1. The molecule has 0 aromatic heterocycles. The number of rotatable bonds is 5. The quantitative estimate of drug-likeness (QED) is 0.407. The van der Waals surface area contributed by atoms with Gasteiger partial charge in [-0.1, -0.05) is 15.9 Å². The molecule has 0 atom stereocenters. The van der Waals surface area contributed by atoms with Crippen molar-refractivity contribution in [3.05, 3.63) is 0 Å². The van der Waals surface area contributed by atoms with Crippen molar-refractivity contribution in [3.63, 3.8) is 0 Å². The van der Waals surface area contributed by atoms with E-state index in [1.807, 2.05) is 0 Å². The molecule has 0 spiro atoms. The number of quaternary nitrogens is 1. The van der Waals surface area contributed by atoms with E-state index in [4.69, 9.17) is 4.74 Å². The lowest BCUT2D eigenvalue weighted by Crippen LogP contribution is -2.38. The van der Waals surface area contributed by atoms with Crippen LogP contribution in [0, 0.1) is 0 Å². The molecule has 0 heterocycles. The normalized spacial score (nSPS) is 11.3. The fraction of sp³-hybridized carbons (Fsp3) is 0.875. The second-order valence-electron chi connectivity index (χ2n) is 3.67. The molecule has 3 nitrogen and oxygen atoms in total. The Hall–Kier alpha value is -0.0900. The van der Waals surface area contributed by atoms with Crippen LogP contribution in [-0.4, -0.2) is 50.1 Å². The number of hydrogen-bond acceptors (Lipinski definition) is 2. The van der Waals surface area contributed by atoms with Crippen molar-refractivity contribution in [1.29, 1.82) is 0 Å². The van der Waals surface area contributed by atoms with E-state index in [9.17, 15) is 4.79 Å². The molecule has 0 aromatic rings. The molecule has 0 amide bonds. The topological polar surface area (TPSA) is 26.3 Å². The number of hydrogen-bond donors (Lipinski definition) is 0.